The Hall–Kier alpha value is -0.620. The van der Waals surface area contributed by atoms with Gasteiger partial charge in [0.2, 0.25) is 5.91 Å². The van der Waals surface area contributed by atoms with Crippen LogP contribution in [0.5, 0.6) is 0 Å². The average molecular weight is 218 g/mol. The van der Waals surface area contributed by atoms with Crippen LogP contribution in [0.25, 0.3) is 0 Å². The molecule has 0 aromatic rings. The van der Waals surface area contributed by atoms with Gasteiger partial charge in [0, 0.05) is 6.04 Å². The number of rotatable bonds is 1. The fourth-order valence-corrected chi connectivity index (χ4v) is 3.52. The summed E-state index contributed by atoms with van der Waals surface area (Å²) in [6.45, 7) is 0.00694. The Labute approximate surface area is 83.6 Å². The molecule has 80 valence electrons. The molecule has 1 N–H and O–H groups in total. The van der Waals surface area contributed by atoms with Gasteiger partial charge >= 0.3 is 10.2 Å². The number of nitrogens with zero attached hydrogens (tertiary/aromatic N) is 1. The quantitative estimate of drug-likeness (QED) is 0.673. The van der Waals surface area contributed by atoms with Gasteiger partial charge in [-0.2, -0.15) is 12.7 Å². The van der Waals surface area contributed by atoms with Crippen LogP contribution in [-0.2, 0) is 15.0 Å². The topological polar surface area (TPSA) is 66.5 Å². The molecular formula is C8H14N2O3S. The second-order valence-electron chi connectivity index (χ2n) is 3.87. The Morgan fingerprint density at radius 1 is 1.21 bits per heavy atom. The largest absolute Gasteiger partial charge is 0.304 e. The molecule has 1 saturated heterocycles. The zero-order valence-corrected chi connectivity index (χ0v) is 8.72. The fraction of sp³-hybridized carbons (Fsp3) is 0.875. The number of hydrogen-bond acceptors (Lipinski definition) is 3. The van der Waals surface area contributed by atoms with Gasteiger partial charge in [-0.15, -0.1) is 0 Å². The summed E-state index contributed by atoms with van der Waals surface area (Å²) in [4.78, 5) is 11.0. The van der Waals surface area contributed by atoms with Gasteiger partial charge in [-0.3, -0.25) is 4.79 Å². The van der Waals surface area contributed by atoms with Crippen molar-refractivity contribution in [2.75, 3.05) is 6.54 Å². The predicted octanol–water partition coefficient (Wildman–Crippen LogP) is -0.00430. The number of carbonyl (C=O) groups excluding carboxylic acids is 1. The summed E-state index contributed by atoms with van der Waals surface area (Å²) in [7, 11) is -3.50. The fourth-order valence-electron chi connectivity index (χ4n) is 2.16. The molecule has 0 aromatic heterocycles. The van der Waals surface area contributed by atoms with Crippen LogP contribution in [0.2, 0.25) is 0 Å². The SMILES string of the molecule is O=C1CN(C2CCCCC2)S(=O)(=O)N1. The lowest BCUT2D eigenvalue weighted by Crippen LogP contribution is -2.39. The van der Waals surface area contributed by atoms with Crippen molar-refractivity contribution in [1.29, 1.82) is 0 Å². The number of amides is 1. The van der Waals surface area contributed by atoms with Crippen LogP contribution in [0.3, 0.4) is 0 Å². The van der Waals surface area contributed by atoms with Crippen LogP contribution >= 0.6 is 0 Å². The average Bonchev–Trinajstić information content (AvgIpc) is 2.41. The van der Waals surface area contributed by atoms with E-state index in [0.29, 0.717) is 0 Å². The molecule has 6 heteroatoms. The monoisotopic (exact) mass is 218 g/mol. The van der Waals surface area contributed by atoms with Crippen LogP contribution in [0.4, 0.5) is 0 Å². The van der Waals surface area contributed by atoms with Gasteiger partial charge in [0.15, 0.2) is 0 Å². The minimum Gasteiger partial charge on any atom is -0.272 e. The highest BCUT2D eigenvalue weighted by Crippen LogP contribution is 2.25. The van der Waals surface area contributed by atoms with Crippen molar-refractivity contribution in [2.24, 2.45) is 0 Å². The maximum atomic E-state index is 11.5. The maximum absolute atomic E-state index is 11.5. The smallest absolute Gasteiger partial charge is 0.272 e. The predicted molar refractivity (Wildman–Crippen MR) is 50.6 cm³/mol. The van der Waals surface area contributed by atoms with Crippen LogP contribution in [-0.4, -0.2) is 31.2 Å². The highest BCUT2D eigenvalue weighted by molar-refractivity contribution is 7.88. The van der Waals surface area contributed by atoms with Crippen LogP contribution in [0.1, 0.15) is 32.1 Å². The van der Waals surface area contributed by atoms with Gasteiger partial charge < -0.3 is 0 Å². The summed E-state index contributed by atoms with van der Waals surface area (Å²) < 4.78 is 26.2. The van der Waals surface area contributed by atoms with Gasteiger partial charge in [-0.05, 0) is 12.8 Å². The molecule has 14 heavy (non-hydrogen) atoms. The Kier molecular flexibility index (Phi) is 2.48. The van der Waals surface area contributed by atoms with Crippen LogP contribution in [0.15, 0.2) is 0 Å². The second-order valence-corrected chi connectivity index (χ2v) is 5.49. The van der Waals surface area contributed by atoms with E-state index < -0.39 is 16.1 Å². The highest BCUT2D eigenvalue weighted by atomic mass is 32.2. The first kappa shape index (κ1) is 9.92. The van der Waals surface area contributed by atoms with E-state index in [1.807, 2.05) is 4.72 Å². The molecule has 1 amide bonds. The normalized spacial score (nSPS) is 29.0. The van der Waals surface area contributed by atoms with E-state index >= 15 is 0 Å². The van der Waals surface area contributed by atoms with E-state index in [2.05, 4.69) is 0 Å². The molecule has 0 radical (unpaired) electrons. The molecule has 0 bridgehead atoms. The first-order valence-corrected chi connectivity index (χ1v) is 6.36. The Morgan fingerprint density at radius 3 is 2.36 bits per heavy atom. The highest BCUT2D eigenvalue weighted by Gasteiger charge is 2.38. The molecule has 1 aliphatic carbocycles. The molecule has 5 nitrogen and oxygen atoms in total. The molecule has 1 heterocycles. The van der Waals surface area contributed by atoms with Gasteiger partial charge in [0.1, 0.15) is 0 Å². The third-order valence-corrected chi connectivity index (χ3v) is 4.36. The summed E-state index contributed by atoms with van der Waals surface area (Å²) in [5.41, 5.74) is 0. The van der Waals surface area contributed by atoms with E-state index in [1.165, 1.54) is 10.7 Å². The van der Waals surface area contributed by atoms with Crippen molar-refractivity contribution >= 4 is 16.1 Å². The molecule has 0 unspecified atom stereocenters. The van der Waals surface area contributed by atoms with Gasteiger partial charge in [-0.25, -0.2) is 4.72 Å². The molecule has 0 atom stereocenters. The van der Waals surface area contributed by atoms with Gasteiger partial charge in [0.05, 0.1) is 6.54 Å². The third-order valence-electron chi connectivity index (χ3n) is 2.83. The van der Waals surface area contributed by atoms with Crippen molar-refractivity contribution in [2.45, 2.75) is 38.1 Å². The number of nitrogens with one attached hydrogen (secondary N) is 1. The maximum Gasteiger partial charge on any atom is 0.304 e. The first-order chi connectivity index (χ1) is 6.59. The molecule has 0 aromatic carbocycles. The first-order valence-electron chi connectivity index (χ1n) is 4.92. The Bertz CT molecular complexity index is 332. The molecule has 1 aliphatic heterocycles. The van der Waals surface area contributed by atoms with Crippen molar-refractivity contribution in [3.63, 3.8) is 0 Å². The number of hydrogen-bond donors (Lipinski definition) is 1. The van der Waals surface area contributed by atoms with Crippen molar-refractivity contribution < 1.29 is 13.2 Å². The standard InChI is InChI=1S/C8H14N2O3S/c11-8-6-10(14(12,13)9-8)7-4-2-1-3-5-7/h7H,1-6H2,(H,9,11). The van der Waals surface area contributed by atoms with Crippen molar-refractivity contribution in [1.82, 2.24) is 9.03 Å². The lowest BCUT2D eigenvalue weighted by atomic mass is 9.95. The number of carbonyl (C=O) groups is 1. The third kappa shape index (κ3) is 1.76. The summed E-state index contributed by atoms with van der Waals surface area (Å²) >= 11 is 0. The molecule has 2 fully saturated rings. The van der Waals surface area contributed by atoms with E-state index in [-0.39, 0.29) is 12.6 Å². The van der Waals surface area contributed by atoms with E-state index in [9.17, 15) is 13.2 Å². The molecule has 2 rings (SSSR count). The summed E-state index contributed by atoms with van der Waals surface area (Å²) in [6.07, 6.45) is 5.06. The van der Waals surface area contributed by atoms with E-state index in [1.54, 1.807) is 0 Å². The van der Waals surface area contributed by atoms with E-state index in [0.717, 1.165) is 25.7 Å². The lowest BCUT2D eigenvalue weighted by Gasteiger charge is -2.27. The lowest BCUT2D eigenvalue weighted by molar-refractivity contribution is -0.118. The van der Waals surface area contributed by atoms with Crippen LogP contribution < -0.4 is 4.72 Å². The Balaban J connectivity index is 2.13. The summed E-state index contributed by atoms with van der Waals surface area (Å²) in [5.74, 6) is -0.407. The minimum absolute atomic E-state index is 0.00694. The Morgan fingerprint density at radius 2 is 1.86 bits per heavy atom. The van der Waals surface area contributed by atoms with Gasteiger partial charge in [0.25, 0.3) is 0 Å². The zero-order valence-electron chi connectivity index (χ0n) is 7.90. The minimum atomic E-state index is -3.50. The molecule has 0 spiro atoms. The van der Waals surface area contributed by atoms with E-state index in [4.69, 9.17) is 0 Å². The molecule has 2 aliphatic rings. The van der Waals surface area contributed by atoms with Crippen molar-refractivity contribution in [3.8, 4) is 0 Å². The van der Waals surface area contributed by atoms with Gasteiger partial charge in [-0.1, -0.05) is 19.3 Å². The zero-order chi connectivity index (χ0) is 10.2. The van der Waals surface area contributed by atoms with Crippen LogP contribution in [0, 0.1) is 0 Å². The summed E-state index contributed by atoms with van der Waals surface area (Å²) in [5, 5.41) is 0. The second kappa shape index (κ2) is 3.51. The summed E-state index contributed by atoms with van der Waals surface area (Å²) in [6, 6.07) is 0.0349. The molecule has 1 saturated carbocycles. The molecular weight excluding hydrogens is 204 g/mol. The van der Waals surface area contributed by atoms with Crippen molar-refractivity contribution in [3.05, 3.63) is 0 Å².